The zero-order chi connectivity index (χ0) is 18.4. The first-order chi connectivity index (χ1) is 11.8. The summed E-state index contributed by atoms with van der Waals surface area (Å²) in [6.07, 6.45) is -2.14. The van der Waals surface area contributed by atoms with E-state index >= 15 is 0 Å². The van der Waals surface area contributed by atoms with Gasteiger partial charge in [-0.3, -0.25) is 0 Å². The Morgan fingerprint density at radius 1 is 1.24 bits per heavy atom. The van der Waals surface area contributed by atoms with Gasteiger partial charge in [-0.25, -0.2) is 9.59 Å². The first-order valence-corrected chi connectivity index (χ1v) is 8.14. The molecule has 2 rings (SSSR count). The Labute approximate surface area is 147 Å². The van der Waals surface area contributed by atoms with Crippen LogP contribution in [0.3, 0.4) is 0 Å². The molecule has 1 saturated heterocycles. The fourth-order valence-corrected chi connectivity index (χ4v) is 2.48. The molecule has 138 valence electrons. The summed E-state index contributed by atoms with van der Waals surface area (Å²) < 4.78 is 21.4. The summed E-state index contributed by atoms with van der Waals surface area (Å²) in [6.45, 7) is 5.75. The number of esters is 1. The third-order valence-corrected chi connectivity index (χ3v) is 3.57. The van der Waals surface area contributed by atoms with Crippen molar-refractivity contribution >= 4 is 12.1 Å². The smallest absolute Gasteiger partial charge is 0.408 e. The van der Waals surface area contributed by atoms with Crippen LogP contribution in [0.2, 0.25) is 0 Å². The number of carbonyl (C=O) groups excluding carboxylic acids is 2. The molecule has 0 aromatic heterocycles. The molecule has 1 aromatic carbocycles. The standard InChI is InChI=1S/C18H25NO6/c1-18(2,3)25-17(21)19-13-11-24-15(16(20)22-4)14(13)23-10-12-8-6-5-7-9-12/h5-9,13-15H,10-11H2,1-4H3,(H,19,21)/t13-,14+,15+/m0/s1. The third-order valence-electron chi connectivity index (χ3n) is 3.57. The lowest BCUT2D eigenvalue weighted by Gasteiger charge is -2.25. The average Bonchev–Trinajstić information content (AvgIpc) is 2.93. The molecule has 7 heteroatoms. The van der Waals surface area contributed by atoms with Crippen LogP contribution in [0.1, 0.15) is 26.3 Å². The van der Waals surface area contributed by atoms with Crippen LogP contribution in [0.4, 0.5) is 4.79 Å². The van der Waals surface area contributed by atoms with E-state index in [1.807, 2.05) is 30.3 Å². The van der Waals surface area contributed by atoms with Gasteiger partial charge in [-0.1, -0.05) is 30.3 Å². The summed E-state index contributed by atoms with van der Waals surface area (Å²) >= 11 is 0. The van der Waals surface area contributed by atoms with Gasteiger partial charge in [-0.05, 0) is 26.3 Å². The van der Waals surface area contributed by atoms with Gasteiger partial charge in [-0.15, -0.1) is 0 Å². The Balaban J connectivity index is 2.03. The molecular weight excluding hydrogens is 326 g/mol. The van der Waals surface area contributed by atoms with Gasteiger partial charge in [0.25, 0.3) is 0 Å². The van der Waals surface area contributed by atoms with E-state index in [0.717, 1.165) is 5.56 Å². The van der Waals surface area contributed by atoms with Crippen LogP contribution in [0.15, 0.2) is 30.3 Å². The lowest BCUT2D eigenvalue weighted by molar-refractivity contribution is -0.157. The van der Waals surface area contributed by atoms with Crippen LogP contribution in [-0.4, -0.2) is 49.6 Å². The molecule has 3 atom stereocenters. The summed E-state index contributed by atoms with van der Waals surface area (Å²) in [5, 5.41) is 2.71. The molecule has 1 aromatic rings. The number of hydrogen-bond acceptors (Lipinski definition) is 6. The molecule has 0 bridgehead atoms. The highest BCUT2D eigenvalue weighted by atomic mass is 16.6. The van der Waals surface area contributed by atoms with Crippen molar-refractivity contribution in [3.05, 3.63) is 35.9 Å². The van der Waals surface area contributed by atoms with Gasteiger partial charge < -0.3 is 24.3 Å². The molecule has 1 fully saturated rings. The van der Waals surface area contributed by atoms with Gasteiger partial charge in [0.1, 0.15) is 11.7 Å². The minimum absolute atomic E-state index is 0.137. The third kappa shape index (κ3) is 5.72. The fraction of sp³-hybridized carbons (Fsp3) is 0.556. The fourth-order valence-electron chi connectivity index (χ4n) is 2.48. The molecule has 7 nitrogen and oxygen atoms in total. The zero-order valence-electron chi connectivity index (χ0n) is 15.0. The van der Waals surface area contributed by atoms with Crippen molar-refractivity contribution in [1.29, 1.82) is 0 Å². The molecule has 1 aliphatic rings. The molecule has 1 heterocycles. The Morgan fingerprint density at radius 2 is 1.92 bits per heavy atom. The Kier molecular flexibility index (Phi) is 6.39. The van der Waals surface area contributed by atoms with Gasteiger partial charge in [0.05, 0.1) is 26.4 Å². The minimum atomic E-state index is -0.895. The van der Waals surface area contributed by atoms with E-state index in [9.17, 15) is 9.59 Å². The molecule has 0 unspecified atom stereocenters. The number of benzene rings is 1. The summed E-state index contributed by atoms with van der Waals surface area (Å²) in [5.74, 6) is -0.536. The molecule has 1 aliphatic heterocycles. The molecule has 0 radical (unpaired) electrons. The lowest BCUT2D eigenvalue weighted by atomic mass is 10.1. The van der Waals surface area contributed by atoms with Crippen molar-refractivity contribution in [1.82, 2.24) is 5.32 Å². The van der Waals surface area contributed by atoms with E-state index in [4.69, 9.17) is 18.9 Å². The summed E-state index contributed by atoms with van der Waals surface area (Å²) in [7, 11) is 1.29. The number of hydrogen-bond donors (Lipinski definition) is 1. The van der Waals surface area contributed by atoms with E-state index in [1.165, 1.54) is 7.11 Å². The highest BCUT2D eigenvalue weighted by molar-refractivity contribution is 5.76. The van der Waals surface area contributed by atoms with Crippen LogP contribution in [-0.2, 0) is 30.3 Å². The van der Waals surface area contributed by atoms with Gasteiger partial charge in [-0.2, -0.15) is 0 Å². The normalized spacial score (nSPS) is 23.1. The SMILES string of the molecule is COC(=O)[C@@H]1OC[C@H](NC(=O)OC(C)(C)C)[C@H]1OCc1ccccc1. The van der Waals surface area contributed by atoms with Gasteiger partial charge >= 0.3 is 12.1 Å². The predicted octanol–water partition coefficient (Wildman–Crippen LogP) is 2.04. The first-order valence-electron chi connectivity index (χ1n) is 8.14. The largest absolute Gasteiger partial charge is 0.467 e. The second-order valence-electron chi connectivity index (χ2n) is 6.79. The number of amides is 1. The number of alkyl carbamates (subject to hydrolysis) is 1. The molecule has 1 amide bonds. The molecule has 0 saturated carbocycles. The van der Waals surface area contributed by atoms with Crippen LogP contribution in [0, 0.1) is 0 Å². The second-order valence-corrected chi connectivity index (χ2v) is 6.79. The van der Waals surface area contributed by atoms with E-state index in [-0.39, 0.29) is 13.2 Å². The highest BCUT2D eigenvalue weighted by Crippen LogP contribution is 2.21. The van der Waals surface area contributed by atoms with E-state index in [1.54, 1.807) is 20.8 Å². The van der Waals surface area contributed by atoms with E-state index < -0.39 is 35.9 Å². The molecule has 0 spiro atoms. The summed E-state index contributed by atoms with van der Waals surface area (Å²) in [4.78, 5) is 23.9. The summed E-state index contributed by atoms with van der Waals surface area (Å²) in [5.41, 5.74) is 0.333. The van der Waals surface area contributed by atoms with Gasteiger partial charge in [0.15, 0.2) is 6.10 Å². The predicted molar refractivity (Wildman–Crippen MR) is 89.9 cm³/mol. The monoisotopic (exact) mass is 351 g/mol. The van der Waals surface area contributed by atoms with Crippen molar-refractivity contribution < 1.29 is 28.5 Å². The Hall–Kier alpha value is -2.12. The zero-order valence-corrected chi connectivity index (χ0v) is 15.0. The Bertz CT molecular complexity index is 583. The highest BCUT2D eigenvalue weighted by Gasteiger charge is 2.44. The van der Waals surface area contributed by atoms with Crippen LogP contribution in [0.5, 0.6) is 0 Å². The lowest BCUT2D eigenvalue weighted by Crippen LogP contribution is -2.48. The molecular formula is C18H25NO6. The number of ether oxygens (including phenoxy) is 4. The van der Waals surface area contributed by atoms with Crippen LogP contribution >= 0.6 is 0 Å². The quantitative estimate of drug-likeness (QED) is 0.818. The van der Waals surface area contributed by atoms with E-state index in [2.05, 4.69) is 5.32 Å². The maximum Gasteiger partial charge on any atom is 0.408 e. The second kappa shape index (κ2) is 8.31. The van der Waals surface area contributed by atoms with Gasteiger partial charge in [0.2, 0.25) is 0 Å². The van der Waals surface area contributed by atoms with Gasteiger partial charge in [0, 0.05) is 0 Å². The minimum Gasteiger partial charge on any atom is -0.467 e. The average molecular weight is 351 g/mol. The summed E-state index contributed by atoms with van der Waals surface area (Å²) in [6, 6.07) is 9.03. The number of nitrogens with one attached hydrogen (secondary N) is 1. The number of rotatable bonds is 5. The maximum absolute atomic E-state index is 12.0. The van der Waals surface area contributed by atoms with Crippen molar-refractivity contribution in [2.75, 3.05) is 13.7 Å². The molecule has 0 aliphatic carbocycles. The van der Waals surface area contributed by atoms with Crippen molar-refractivity contribution in [3.8, 4) is 0 Å². The number of carbonyl (C=O) groups is 2. The molecule has 25 heavy (non-hydrogen) atoms. The first kappa shape index (κ1) is 19.2. The van der Waals surface area contributed by atoms with E-state index in [0.29, 0.717) is 0 Å². The van der Waals surface area contributed by atoms with Crippen molar-refractivity contribution in [3.63, 3.8) is 0 Å². The van der Waals surface area contributed by atoms with Crippen LogP contribution < -0.4 is 5.32 Å². The van der Waals surface area contributed by atoms with Crippen molar-refractivity contribution in [2.24, 2.45) is 0 Å². The Morgan fingerprint density at radius 3 is 2.52 bits per heavy atom. The topological polar surface area (TPSA) is 83.1 Å². The van der Waals surface area contributed by atoms with Crippen molar-refractivity contribution in [2.45, 2.75) is 51.2 Å². The van der Waals surface area contributed by atoms with Crippen LogP contribution in [0.25, 0.3) is 0 Å². The maximum atomic E-state index is 12.0. The number of methoxy groups -OCH3 is 1. The molecule has 1 N–H and O–H groups in total.